The molecule has 0 unspecified atom stereocenters. The van der Waals surface area contributed by atoms with E-state index in [1.54, 1.807) is 24.3 Å². The van der Waals surface area contributed by atoms with E-state index in [1.165, 1.54) is 0 Å². The first-order chi connectivity index (χ1) is 9.27. The molecule has 0 spiro atoms. The van der Waals surface area contributed by atoms with Crippen molar-refractivity contribution in [2.45, 2.75) is 0 Å². The third-order valence-corrected chi connectivity index (χ3v) is 3.52. The highest BCUT2D eigenvalue weighted by Gasteiger charge is 2.20. The van der Waals surface area contributed by atoms with E-state index in [2.05, 4.69) is 0 Å². The minimum absolute atomic E-state index is 0.472. The minimum Gasteiger partial charge on any atom is -0.450 e. The van der Waals surface area contributed by atoms with Gasteiger partial charge in [-0.3, -0.25) is 4.48 Å². The van der Waals surface area contributed by atoms with Crippen LogP contribution in [0.15, 0.2) is 36.4 Å². The van der Waals surface area contributed by atoms with Crippen molar-refractivity contribution in [1.82, 2.24) is 4.48 Å². The molecule has 0 aliphatic rings. The molecule has 0 bridgehead atoms. The van der Waals surface area contributed by atoms with E-state index < -0.39 is 0 Å². The van der Waals surface area contributed by atoms with Crippen LogP contribution < -0.4 is 9.22 Å². The Morgan fingerprint density at radius 2 is 1.35 bits per heavy atom. The van der Waals surface area contributed by atoms with Gasteiger partial charge in [-0.05, 0) is 30.3 Å². The first kappa shape index (κ1) is 15.5. The van der Waals surface area contributed by atoms with Gasteiger partial charge in [-0.1, -0.05) is 34.8 Å². The molecule has 5 heteroatoms. The Labute approximate surface area is 134 Å². The Hall–Kier alpha value is -0.930. The van der Waals surface area contributed by atoms with E-state index in [-0.39, 0.29) is 0 Å². The van der Waals surface area contributed by atoms with Gasteiger partial charge in [0.1, 0.15) is 5.75 Å². The van der Waals surface area contributed by atoms with Gasteiger partial charge in [0, 0.05) is 16.1 Å². The average molecular weight is 332 g/mol. The van der Waals surface area contributed by atoms with Crippen molar-refractivity contribution < 1.29 is 4.74 Å². The van der Waals surface area contributed by atoms with Crippen molar-refractivity contribution in [3.63, 3.8) is 0 Å². The first-order valence-corrected chi connectivity index (χ1v) is 7.15. The van der Waals surface area contributed by atoms with Crippen LogP contribution in [0.25, 0.3) is 0 Å². The molecule has 2 nitrogen and oxygen atoms in total. The molecule has 0 atom stereocenters. The number of ether oxygens (including phenoxy) is 1. The fourth-order valence-electron chi connectivity index (χ4n) is 1.78. The molecular formula is C15H15Cl3NO+. The zero-order valence-corrected chi connectivity index (χ0v) is 13.7. The van der Waals surface area contributed by atoms with E-state index in [9.17, 15) is 0 Å². The third kappa shape index (κ3) is 3.58. The van der Waals surface area contributed by atoms with Crippen LogP contribution >= 0.6 is 34.8 Å². The molecule has 0 fully saturated rings. The fraction of sp³-hybridized carbons (Fsp3) is 0.200. The van der Waals surface area contributed by atoms with E-state index in [4.69, 9.17) is 39.5 Å². The summed E-state index contributed by atoms with van der Waals surface area (Å²) in [5.41, 5.74) is 0.962. The molecule has 0 saturated heterocycles. The highest BCUT2D eigenvalue weighted by Crippen LogP contribution is 2.38. The summed E-state index contributed by atoms with van der Waals surface area (Å²) in [4.78, 5) is 0. The molecule has 0 N–H and O–H groups in total. The van der Waals surface area contributed by atoms with Crippen LogP contribution in [0.3, 0.4) is 0 Å². The summed E-state index contributed by atoms with van der Waals surface area (Å²) in [5.74, 6) is 1.28. The highest BCUT2D eigenvalue weighted by atomic mass is 35.5. The standard InChI is InChI=1S/C15H15Cl3NO/c1-19(2,3)13-9-11(17)5-7-15(13)20-14-6-4-10(16)8-12(14)18/h4-9H,1-3H3/q+1. The van der Waals surface area contributed by atoms with Crippen LogP contribution in [-0.4, -0.2) is 21.1 Å². The number of halogens is 3. The van der Waals surface area contributed by atoms with E-state index in [0.717, 1.165) is 5.69 Å². The molecule has 0 amide bonds. The van der Waals surface area contributed by atoms with Gasteiger partial charge in [0.15, 0.2) is 11.4 Å². The average Bonchev–Trinajstić information content (AvgIpc) is 2.33. The smallest absolute Gasteiger partial charge is 0.188 e. The molecule has 106 valence electrons. The number of benzene rings is 2. The number of quaternary nitrogens is 1. The Bertz CT molecular complexity index is 636. The predicted octanol–water partition coefficient (Wildman–Crippen LogP) is 5.64. The molecule has 0 aliphatic carbocycles. The molecule has 0 heterocycles. The normalized spacial score (nSPS) is 11.5. The van der Waals surface area contributed by atoms with Crippen LogP contribution in [0.2, 0.25) is 15.1 Å². The van der Waals surface area contributed by atoms with Gasteiger partial charge in [-0.25, -0.2) is 0 Å². The lowest BCUT2D eigenvalue weighted by atomic mass is 10.2. The molecule has 0 aliphatic heterocycles. The largest absolute Gasteiger partial charge is 0.450 e. The number of hydrogen-bond acceptors (Lipinski definition) is 1. The molecule has 2 aromatic carbocycles. The van der Waals surface area contributed by atoms with Crippen molar-refractivity contribution in [2.24, 2.45) is 0 Å². The maximum absolute atomic E-state index is 6.14. The molecule has 0 saturated carbocycles. The molecule has 0 radical (unpaired) electrons. The number of rotatable bonds is 3. The Kier molecular flexibility index (Phi) is 4.50. The molecule has 20 heavy (non-hydrogen) atoms. The third-order valence-electron chi connectivity index (χ3n) is 2.76. The van der Waals surface area contributed by atoms with Gasteiger partial charge in [0.2, 0.25) is 0 Å². The maximum Gasteiger partial charge on any atom is 0.188 e. The highest BCUT2D eigenvalue weighted by molar-refractivity contribution is 6.35. The van der Waals surface area contributed by atoms with Crippen molar-refractivity contribution >= 4 is 40.5 Å². The lowest BCUT2D eigenvalue weighted by Crippen LogP contribution is -2.35. The van der Waals surface area contributed by atoms with E-state index in [0.29, 0.717) is 31.0 Å². The van der Waals surface area contributed by atoms with Crippen LogP contribution in [-0.2, 0) is 0 Å². The molecule has 2 aromatic rings. The zero-order valence-electron chi connectivity index (χ0n) is 11.5. The number of nitrogens with zero attached hydrogens (tertiary/aromatic N) is 1. The Balaban J connectivity index is 2.43. The summed E-state index contributed by atoms with van der Waals surface area (Å²) in [7, 11) is 6.13. The summed E-state index contributed by atoms with van der Waals surface area (Å²) in [5, 5.41) is 1.72. The van der Waals surface area contributed by atoms with Crippen LogP contribution in [0.5, 0.6) is 11.5 Å². The van der Waals surface area contributed by atoms with E-state index in [1.807, 2.05) is 33.3 Å². The zero-order chi connectivity index (χ0) is 14.9. The fourth-order valence-corrected chi connectivity index (χ4v) is 2.39. The summed E-state index contributed by atoms with van der Waals surface area (Å²) in [6, 6.07) is 10.7. The van der Waals surface area contributed by atoms with Crippen molar-refractivity contribution in [2.75, 3.05) is 21.1 Å². The lowest BCUT2D eigenvalue weighted by Gasteiger charge is -2.25. The van der Waals surface area contributed by atoms with Crippen LogP contribution in [0.4, 0.5) is 5.69 Å². The maximum atomic E-state index is 6.14. The lowest BCUT2D eigenvalue weighted by molar-refractivity contribution is 0.433. The van der Waals surface area contributed by atoms with Gasteiger partial charge in [-0.15, -0.1) is 0 Å². The topological polar surface area (TPSA) is 9.23 Å². The molecule has 2 rings (SSSR count). The SMILES string of the molecule is C[N+](C)(C)c1cc(Cl)ccc1Oc1ccc(Cl)cc1Cl. The minimum atomic E-state index is 0.472. The van der Waals surface area contributed by atoms with Crippen molar-refractivity contribution in [3.05, 3.63) is 51.5 Å². The summed E-state index contributed by atoms with van der Waals surface area (Å²) < 4.78 is 6.50. The summed E-state index contributed by atoms with van der Waals surface area (Å²) in [6.07, 6.45) is 0. The Morgan fingerprint density at radius 1 is 0.800 bits per heavy atom. The first-order valence-electron chi connectivity index (χ1n) is 6.02. The van der Waals surface area contributed by atoms with E-state index >= 15 is 0 Å². The van der Waals surface area contributed by atoms with Gasteiger partial charge in [-0.2, -0.15) is 0 Å². The monoisotopic (exact) mass is 330 g/mol. The van der Waals surface area contributed by atoms with Crippen molar-refractivity contribution in [1.29, 1.82) is 0 Å². The summed E-state index contributed by atoms with van der Waals surface area (Å²) >= 11 is 18.1. The van der Waals surface area contributed by atoms with Gasteiger partial charge >= 0.3 is 0 Å². The van der Waals surface area contributed by atoms with Gasteiger partial charge in [0.25, 0.3) is 0 Å². The molecule has 0 aromatic heterocycles. The second-order valence-electron chi connectivity index (χ2n) is 5.30. The van der Waals surface area contributed by atoms with Gasteiger partial charge in [0.05, 0.1) is 26.2 Å². The quantitative estimate of drug-likeness (QED) is 0.662. The van der Waals surface area contributed by atoms with Crippen LogP contribution in [0, 0.1) is 0 Å². The van der Waals surface area contributed by atoms with Gasteiger partial charge < -0.3 is 4.74 Å². The predicted molar refractivity (Wildman–Crippen MR) is 87.6 cm³/mol. The second kappa shape index (κ2) is 5.82. The molecular weight excluding hydrogens is 317 g/mol. The second-order valence-corrected chi connectivity index (χ2v) is 6.58. The number of hydrogen-bond donors (Lipinski definition) is 0. The van der Waals surface area contributed by atoms with Crippen molar-refractivity contribution in [3.8, 4) is 11.5 Å². The van der Waals surface area contributed by atoms with Crippen LogP contribution in [0.1, 0.15) is 0 Å². The Morgan fingerprint density at radius 3 is 1.90 bits per heavy atom. The summed E-state index contributed by atoms with van der Waals surface area (Å²) in [6.45, 7) is 0.